The molecule has 1 heterocycles. The lowest BCUT2D eigenvalue weighted by Gasteiger charge is -2.26. The Balaban J connectivity index is 1.74. The fraction of sp³-hybridized carbons (Fsp3) is 0.333. The maximum absolute atomic E-state index is 12.9. The molecule has 3 rings (SSSR count). The third-order valence-corrected chi connectivity index (χ3v) is 6.60. The first kappa shape index (κ1) is 23.3. The van der Waals surface area contributed by atoms with Gasteiger partial charge in [-0.3, -0.25) is 4.79 Å². The van der Waals surface area contributed by atoms with Crippen molar-refractivity contribution in [1.82, 2.24) is 4.31 Å². The van der Waals surface area contributed by atoms with Crippen molar-refractivity contribution in [2.45, 2.75) is 4.90 Å². The van der Waals surface area contributed by atoms with Crippen LogP contribution < -0.4 is 19.5 Å². The summed E-state index contributed by atoms with van der Waals surface area (Å²) >= 11 is 0. The van der Waals surface area contributed by atoms with Gasteiger partial charge >= 0.3 is 0 Å². The summed E-state index contributed by atoms with van der Waals surface area (Å²) in [7, 11) is -0.903. The molecule has 170 valence electrons. The van der Waals surface area contributed by atoms with E-state index in [4.69, 9.17) is 24.2 Å². The zero-order valence-electron chi connectivity index (χ0n) is 17.7. The monoisotopic (exact) mass is 461 g/mol. The van der Waals surface area contributed by atoms with E-state index in [2.05, 4.69) is 5.32 Å². The van der Waals surface area contributed by atoms with Gasteiger partial charge in [0.05, 0.1) is 49.6 Å². The van der Waals surface area contributed by atoms with Gasteiger partial charge in [0.15, 0.2) is 18.1 Å². The van der Waals surface area contributed by atoms with Crippen molar-refractivity contribution in [3.05, 3.63) is 42.0 Å². The number of amides is 1. The van der Waals surface area contributed by atoms with Crippen LogP contribution in [0.1, 0.15) is 5.56 Å². The molecule has 11 heteroatoms. The molecule has 1 N–H and O–H groups in total. The van der Waals surface area contributed by atoms with Crippen LogP contribution in [-0.2, 0) is 19.6 Å². The largest absolute Gasteiger partial charge is 0.495 e. The van der Waals surface area contributed by atoms with E-state index in [1.165, 1.54) is 48.9 Å². The number of methoxy groups -OCH3 is 2. The molecule has 2 aromatic rings. The Kier molecular flexibility index (Phi) is 7.53. The average Bonchev–Trinajstić information content (AvgIpc) is 2.83. The molecule has 0 spiro atoms. The van der Waals surface area contributed by atoms with Crippen LogP contribution >= 0.6 is 0 Å². The number of nitriles is 1. The summed E-state index contributed by atoms with van der Waals surface area (Å²) in [6.45, 7) is 0.808. The molecule has 0 unspecified atom stereocenters. The van der Waals surface area contributed by atoms with Crippen LogP contribution in [0.3, 0.4) is 0 Å². The van der Waals surface area contributed by atoms with Crippen molar-refractivity contribution < 1.29 is 32.2 Å². The second-order valence-corrected chi connectivity index (χ2v) is 8.63. The Hall–Kier alpha value is -3.33. The average molecular weight is 461 g/mol. The normalized spacial score (nSPS) is 14.3. The zero-order valence-corrected chi connectivity index (χ0v) is 18.5. The number of ether oxygens (including phenoxy) is 4. The topological polar surface area (TPSA) is 127 Å². The number of carbonyl (C=O) groups is 1. The van der Waals surface area contributed by atoms with Crippen LogP contribution in [0.15, 0.2) is 41.3 Å². The summed E-state index contributed by atoms with van der Waals surface area (Å²) in [4.78, 5) is 12.5. The van der Waals surface area contributed by atoms with Crippen LogP contribution in [0, 0.1) is 11.3 Å². The van der Waals surface area contributed by atoms with Gasteiger partial charge in [-0.25, -0.2) is 8.42 Å². The third-order valence-electron chi connectivity index (χ3n) is 4.70. The number of hydrogen-bond acceptors (Lipinski definition) is 8. The number of nitrogens with zero attached hydrogens (tertiary/aromatic N) is 2. The molecule has 1 aliphatic rings. The molecule has 0 aromatic heterocycles. The van der Waals surface area contributed by atoms with Crippen LogP contribution in [0.4, 0.5) is 5.69 Å². The van der Waals surface area contributed by atoms with E-state index in [0.717, 1.165) is 0 Å². The highest BCUT2D eigenvalue weighted by Gasteiger charge is 2.27. The number of carbonyl (C=O) groups excluding carboxylic acids is 1. The first-order chi connectivity index (χ1) is 15.4. The first-order valence-corrected chi connectivity index (χ1v) is 11.1. The molecule has 32 heavy (non-hydrogen) atoms. The predicted octanol–water partition coefficient (Wildman–Crippen LogP) is 1.61. The van der Waals surface area contributed by atoms with E-state index < -0.39 is 15.9 Å². The first-order valence-electron chi connectivity index (χ1n) is 9.65. The highest BCUT2D eigenvalue weighted by atomic mass is 32.2. The van der Waals surface area contributed by atoms with E-state index in [0.29, 0.717) is 30.3 Å². The molecule has 0 aliphatic carbocycles. The maximum Gasteiger partial charge on any atom is 0.262 e. The number of morpholine rings is 1. The number of sulfonamides is 1. The van der Waals surface area contributed by atoms with Crippen molar-refractivity contribution >= 4 is 21.6 Å². The number of anilines is 1. The number of hydrogen-bond donors (Lipinski definition) is 1. The smallest absolute Gasteiger partial charge is 0.262 e. The molecule has 0 bridgehead atoms. The summed E-state index contributed by atoms with van der Waals surface area (Å²) in [6, 6.07) is 10.8. The van der Waals surface area contributed by atoms with E-state index in [9.17, 15) is 13.2 Å². The molecule has 0 saturated carbocycles. The Bertz CT molecular complexity index is 1120. The molecule has 1 fully saturated rings. The second-order valence-electron chi connectivity index (χ2n) is 6.69. The van der Waals surface area contributed by atoms with Gasteiger partial charge < -0.3 is 24.3 Å². The second kappa shape index (κ2) is 10.3. The molecule has 1 amide bonds. The Morgan fingerprint density at radius 2 is 1.78 bits per heavy atom. The Morgan fingerprint density at radius 3 is 2.44 bits per heavy atom. The highest BCUT2D eigenvalue weighted by Crippen LogP contribution is 2.30. The van der Waals surface area contributed by atoms with Crippen molar-refractivity contribution in [3.8, 4) is 23.3 Å². The molecule has 0 atom stereocenters. The third kappa shape index (κ3) is 5.28. The predicted molar refractivity (Wildman–Crippen MR) is 114 cm³/mol. The van der Waals surface area contributed by atoms with Crippen LogP contribution in [0.25, 0.3) is 0 Å². The summed E-state index contributed by atoms with van der Waals surface area (Å²) in [5.74, 6) is 0.371. The molecular formula is C21H23N3O7S. The van der Waals surface area contributed by atoms with Gasteiger partial charge in [0.2, 0.25) is 10.0 Å². The number of nitrogens with one attached hydrogen (secondary N) is 1. The minimum Gasteiger partial charge on any atom is -0.495 e. The van der Waals surface area contributed by atoms with Gasteiger partial charge in [-0.05, 0) is 30.3 Å². The molecule has 10 nitrogen and oxygen atoms in total. The lowest BCUT2D eigenvalue weighted by atomic mass is 10.2. The molecule has 1 saturated heterocycles. The van der Waals surface area contributed by atoms with Gasteiger partial charge in [-0.15, -0.1) is 0 Å². The van der Waals surface area contributed by atoms with Gasteiger partial charge in [0.25, 0.3) is 5.91 Å². The maximum atomic E-state index is 12.9. The zero-order chi connectivity index (χ0) is 23.1. The van der Waals surface area contributed by atoms with Crippen molar-refractivity contribution in [1.29, 1.82) is 5.26 Å². The standard InChI is InChI=1S/C21H23N3O7S/c1-28-18-6-4-16(32(26,27)24-7-9-30-10-8-24)12-17(18)23-21(25)14-31-19-5-3-15(13-22)11-20(19)29-2/h3-6,11-12H,7-10,14H2,1-2H3,(H,23,25). The van der Waals surface area contributed by atoms with E-state index >= 15 is 0 Å². The fourth-order valence-electron chi connectivity index (χ4n) is 3.07. The summed E-state index contributed by atoms with van der Waals surface area (Å²) in [6.07, 6.45) is 0. The molecule has 0 radical (unpaired) electrons. The minimum atomic E-state index is -3.74. The Labute approximate surface area is 186 Å². The Morgan fingerprint density at radius 1 is 1.09 bits per heavy atom. The van der Waals surface area contributed by atoms with Crippen LogP contribution in [-0.4, -0.2) is 65.8 Å². The van der Waals surface area contributed by atoms with Gasteiger partial charge in [-0.1, -0.05) is 0 Å². The molecule has 1 aliphatic heterocycles. The van der Waals surface area contributed by atoms with Crippen molar-refractivity contribution in [2.24, 2.45) is 0 Å². The van der Waals surface area contributed by atoms with Gasteiger partial charge in [0, 0.05) is 19.2 Å². The van der Waals surface area contributed by atoms with Gasteiger partial charge in [-0.2, -0.15) is 9.57 Å². The quantitative estimate of drug-likeness (QED) is 0.628. The van der Waals surface area contributed by atoms with E-state index in [1.807, 2.05) is 6.07 Å². The van der Waals surface area contributed by atoms with Gasteiger partial charge in [0.1, 0.15) is 5.75 Å². The summed E-state index contributed by atoms with van der Waals surface area (Å²) in [5.41, 5.74) is 0.587. The summed E-state index contributed by atoms with van der Waals surface area (Å²) < 4.78 is 48.3. The SMILES string of the molecule is COc1ccc(S(=O)(=O)N2CCOCC2)cc1NC(=O)COc1ccc(C#N)cc1OC. The number of rotatable bonds is 8. The molecular weight excluding hydrogens is 438 g/mol. The fourth-order valence-corrected chi connectivity index (χ4v) is 4.50. The lowest BCUT2D eigenvalue weighted by Crippen LogP contribution is -2.40. The van der Waals surface area contributed by atoms with Crippen molar-refractivity contribution in [2.75, 3.05) is 52.4 Å². The van der Waals surface area contributed by atoms with Crippen molar-refractivity contribution in [3.63, 3.8) is 0 Å². The summed E-state index contributed by atoms with van der Waals surface area (Å²) in [5, 5.41) is 11.6. The van der Waals surface area contributed by atoms with Crippen LogP contribution in [0.5, 0.6) is 17.2 Å². The van der Waals surface area contributed by atoms with E-state index in [-0.39, 0.29) is 36.0 Å². The highest BCUT2D eigenvalue weighted by molar-refractivity contribution is 7.89. The number of benzene rings is 2. The minimum absolute atomic E-state index is 0.0326. The van der Waals surface area contributed by atoms with E-state index in [1.54, 1.807) is 6.07 Å². The van der Waals surface area contributed by atoms with Crippen LogP contribution in [0.2, 0.25) is 0 Å². The molecule has 2 aromatic carbocycles. The lowest BCUT2D eigenvalue weighted by molar-refractivity contribution is -0.118.